The molecule has 1 aliphatic rings. The lowest BCUT2D eigenvalue weighted by molar-refractivity contribution is -0.175. The van der Waals surface area contributed by atoms with Gasteiger partial charge in [-0.05, 0) is 26.9 Å². The van der Waals surface area contributed by atoms with E-state index in [0.717, 1.165) is 12.8 Å². The number of hydrogen-bond donors (Lipinski definition) is 0. The zero-order valence-electron chi connectivity index (χ0n) is 8.13. The van der Waals surface area contributed by atoms with Crippen molar-refractivity contribution in [1.29, 1.82) is 0 Å². The molecule has 1 fully saturated rings. The Hall–Kier alpha value is -0.610. The number of carbonyl (C=O) groups is 1. The average Bonchev–Trinajstić information content (AvgIpc) is 2.81. The third-order valence-electron chi connectivity index (χ3n) is 2.54. The lowest BCUT2D eigenvalue weighted by atomic mass is 10.2. The van der Waals surface area contributed by atoms with E-state index in [1.54, 1.807) is 7.05 Å². The van der Waals surface area contributed by atoms with Crippen LogP contribution in [-0.4, -0.2) is 49.7 Å². The first-order valence-electron chi connectivity index (χ1n) is 4.04. The smallest absolute Gasteiger partial charge is 0.266 e. The van der Waals surface area contributed by atoms with Crippen molar-refractivity contribution in [3.05, 3.63) is 0 Å². The molecule has 70 valence electrons. The number of hydroxylamine groups is 2. The standard InChI is InChI=1S/C8H16N2O2/c1-9(2)8(5-6-8)7(11)10(3)12-4/h5-6H2,1-4H3. The van der Waals surface area contributed by atoms with E-state index in [-0.39, 0.29) is 11.4 Å². The summed E-state index contributed by atoms with van der Waals surface area (Å²) in [6.07, 6.45) is 1.87. The van der Waals surface area contributed by atoms with E-state index in [1.165, 1.54) is 12.2 Å². The molecule has 0 aromatic carbocycles. The van der Waals surface area contributed by atoms with Crippen LogP contribution in [0.3, 0.4) is 0 Å². The molecule has 1 rings (SSSR count). The summed E-state index contributed by atoms with van der Waals surface area (Å²) in [5.74, 6) is 0.0509. The van der Waals surface area contributed by atoms with Gasteiger partial charge < -0.3 is 0 Å². The average molecular weight is 172 g/mol. The summed E-state index contributed by atoms with van der Waals surface area (Å²) in [6, 6.07) is 0. The van der Waals surface area contributed by atoms with Crippen molar-refractivity contribution in [3.63, 3.8) is 0 Å². The number of amides is 1. The molecule has 0 N–H and O–H groups in total. The zero-order valence-corrected chi connectivity index (χ0v) is 8.13. The van der Waals surface area contributed by atoms with E-state index < -0.39 is 0 Å². The van der Waals surface area contributed by atoms with E-state index in [9.17, 15) is 4.79 Å². The van der Waals surface area contributed by atoms with E-state index in [0.29, 0.717) is 0 Å². The Labute approximate surface area is 73.0 Å². The van der Waals surface area contributed by atoms with Gasteiger partial charge >= 0.3 is 0 Å². The molecular weight excluding hydrogens is 156 g/mol. The van der Waals surface area contributed by atoms with Gasteiger partial charge in [-0.1, -0.05) is 0 Å². The molecular formula is C8H16N2O2. The molecule has 4 heteroatoms. The monoisotopic (exact) mass is 172 g/mol. The molecule has 4 nitrogen and oxygen atoms in total. The quantitative estimate of drug-likeness (QED) is 0.566. The highest BCUT2D eigenvalue weighted by Gasteiger charge is 2.53. The van der Waals surface area contributed by atoms with Crippen molar-refractivity contribution < 1.29 is 9.63 Å². The minimum Gasteiger partial charge on any atom is -0.296 e. The molecule has 1 saturated carbocycles. The number of likely N-dealkylation sites (N-methyl/N-ethyl adjacent to an activating group) is 2. The highest BCUT2D eigenvalue weighted by Crippen LogP contribution is 2.41. The minimum absolute atomic E-state index is 0.0509. The molecule has 0 aliphatic heterocycles. The molecule has 0 atom stereocenters. The van der Waals surface area contributed by atoms with E-state index in [4.69, 9.17) is 4.84 Å². The van der Waals surface area contributed by atoms with Gasteiger partial charge in [0.1, 0.15) is 5.54 Å². The highest BCUT2D eigenvalue weighted by atomic mass is 16.7. The summed E-state index contributed by atoms with van der Waals surface area (Å²) in [4.78, 5) is 18.5. The zero-order chi connectivity index (χ0) is 9.35. The molecule has 0 aromatic heterocycles. The van der Waals surface area contributed by atoms with Crippen LogP contribution in [0.1, 0.15) is 12.8 Å². The molecule has 1 amide bonds. The first-order chi connectivity index (χ1) is 5.54. The third-order valence-corrected chi connectivity index (χ3v) is 2.54. The van der Waals surface area contributed by atoms with Crippen LogP contribution >= 0.6 is 0 Å². The van der Waals surface area contributed by atoms with Gasteiger partial charge in [0.15, 0.2) is 0 Å². The maximum absolute atomic E-state index is 11.7. The number of carbonyl (C=O) groups excluding carboxylic acids is 1. The predicted molar refractivity (Wildman–Crippen MR) is 45.4 cm³/mol. The van der Waals surface area contributed by atoms with Crippen LogP contribution in [0.5, 0.6) is 0 Å². The van der Waals surface area contributed by atoms with Crippen LogP contribution in [0, 0.1) is 0 Å². The maximum Gasteiger partial charge on any atom is 0.266 e. The van der Waals surface area contributed by atoms with Crippen LogP contribution in [0.2, 0.25) is 0 Å². The maximum atomic E-state index is 11.7. The fourth-order valence-corrected chi connectivity index (χ4v) is 1.35. The van der Waals surface area contributed by atoms with E-state index >= 15 is 0 Å². The summed E-state index contributed by atoms with van der Waals surface area (Å²) in [7, 11) is 7.00. The SMILES string of the molecule is CON(C)C(=O)C1(N(C)C)CC1. The van der Waals surface area contributed by atoms with Gasteiger partial charge in [-0.2, -0.15) is 0 Å². The minimum atomic E-state index is -0.273. The summed E-state index contributed by atoms with van der Waals surface area (Å²) in [6.45, 7) is 0. The molecule has 1 aliphatic carbocycles. The Morgan fingerprint density at radius 2 is 1.83 bits per heavy atom. The van der Waals surface area contributed by atoms with Crippen LogP contribution in [0.4, 0.5) is 0 Å². The van der Waals surface area contributed by atoms with Gasteiger partial charge in [-0.3, -0.25) is 14.5 Å². The van der Waals surface area contributed by atoms with E-state index in [2.05, 4.69) is 0 Å². The Morgan fingerprint density at radius 3 is 2.08 bits per heavy atom. The normalized spacial score (nSPS) is 19.4. The van der Waals surface area contributed by atoms with Crippen molar-refractivity contribution in [2.75, 3.05) is 28.3 Å². The predicted octanol–water partition coefficient (Wildman–Crippen LogP) is 0.100. The van der Waals surface area contributed by atoms with Crippen molar-refractivity contribution in [3.8, 4) is 0 Å². The second-order valence-electron chi connectivity index (χ2n) is 3.41. The molecule has 0 aromatic rings. The van der Waals surface area contributed by atoms with Crippen molar-refractivity contribution >= 4 is 5.91 Å². The summed E-state index contributed by atoms with van der Waals surface area (Å²) >= 11 is 0. The second-order valence-corrected chi connectivity index (χ2v) is 3.41. The number of nitrogens with zero attached hydrogens (tertiary/aromatic N) is 2. The topological polar surface area (TPSA) is 32.8 Å². The van der Waals surface area contributed by atoms with Crippen LogP contribution < -0.4 is 0 Å². The lowest BCUT2D eigenvalue weighted by Gasteiger charge is -2.26. The first kappa shape index (κ1) is 9.48. The summed E-state index contributed by atoms with van der Waals surface area (Å²) in [5, 5.41) is 1.30. The second kappa shape index (κ2) is 3.03. The fourth-order valence-electron chi connectivity index (χ4n) is 1.35. The van der Waals surface area contributed by atoms with Gasteiger partial charge in [-0.15, -0.1) is 0 Å². The third kappa shape index (κ3) is 1.32. The molecule has 0 bridgehead atoms. The van der Waals surface area contributed by atoms with Gasteiger partial charge in [0.2, 0.25) is 0 Å². The van der Waals surface area contributed by atoms with Gasteiger partial charge in [-0.25, -0.2) is 5.06 Å². The van der Waals surface area contributed by atoms with Crippen LogP contribution in [-0.2, 0) is 9.63 Å². The Bertz CT molecular complexity index is 187. The van der Waals surface area contributed by atoms with Gasteiger partial charge in [0.25, 0.3) is 5.91 Å². The Morgan fingerprint density at radius 1 is 1.33 bits per heavy atom. The molecule has 0 saturated heterocycles. The van der Waals surface area contributed by atoms with Crippen molar-refractivity contribution in [2.45, 2.75) is 18.4 Å². The van der Waals surface area contributed by atoms with Crippen molar-refractivity contribution in [1.82, 2.24) is 9.96 Å². The first-order valence-corrected chi connectivity index (χ1v) is 4.04. The van der Waals surface area contributed by atoms with Gasteiger partial charge in [0, 0.05) is 7.05 Å². The number of rotatable bonds is 3. The summed E-state index contributed by atoms with van der Waals surface area (Å²) < 4.78 is 0. The Kier molecular flexibility index (Phi) is 2.39. The van der Waals surface area contributed by atoms with E-state index in [1.807, 2.05) is 19.0 Å². The molecule has 12 heavy (non-hydrogen) atoms. The fraction of sp³-hybridized carbons (Fsp3) is 0.875. The molecule has 0 radical (unpaired) electrons. The van der Waals surface area contributed by atoms with Crippen molar-refractivity contribution in [2.24, 2.45) is 0 Å². The molecule has 0 unspecified atom stereocenters. The van der Waals surface area contributed by atoms with Gasteiger partial charge in [0.05, 0.1) is 7.11 Å². The number of hydrogen-bond acceptors (Lipinski definition) is 3. The largest absolute Gasteiger partial charge is 0.296 e. The molecule has 0 heterocycles. The van der Waals surface area contributed by atoms with Crippen LogP contribution in [0.25, 0.3) is 0 Å². The lowest BCUT2D eigenvalue weighted by Crippen LogP contribution is -2.46. The molecule has 0 spiro atoms. The Balaban J connectivity index is 2.63. The highest BCUT2D eigenvalue weighted by molar-refractivity contribution is 5.88. The van der Waals surface area contributed by atoms with Crippen LogP contribution in [0.15, 0.2) is 0 Å². The summed E-state index contributed by atoms with van der Waals surface area (Å²) in [5.41, 5.74) is -0.273.